The lowest BCUT2D eigenvalue weighted by molar-refractivity contribution is 0.318. The second-order valence-electron chi connectivity index (χ2n) is 4.69. The minimum Gasteiger partial charge on any atom is -0.491 e. The molecule has 0 amide bonds. The van der Waals surface area contributed by atoms with Gasteiger partial charge in [0.05, 0.1) is 19.0 Å². The van der Waals surface area contributed by atoms with Gasteiger partial charge in [0.15, 0.2) is 0 Å². The fraction of sp³-hybridized carbons (Fsp3) is 0.188. The predicted molar refractivity (Wildman–Crippen MR) is 87.4 cm³/mol. The van der Waals surface area contributed by atoms with Crippen molar-refractivity contribution < 1.29 is 4.74 Å². The molecular weight excluding hydrogens is 300 g/mol. The third kappa shape index (κ3) is 3.62. The average molecular weight is 315 g/mol. The lowest BCUT2D eigenvalue weighted by atomic mass is 10.2. The van der Waals surface area contributed by atoms with E-state index in [4.69, 9.17) is 16.3 Å². The molecule has 3 aromatic rings. The van der Waals surface area contributed by atoms with Crippen LogP contribution in [0.15, 0.2) is 48.9 Å². The molecular formula is C16H15ClN4O. The number of hydrogen-bond acceptors (Lipinski definition) is 5. The number of benzene rings is 1. The molecule has 22 heavy (non-hydrogen) atoms. The maximum Gasteiger partial charge on any atom is 0.149 e. The van der Waals surface area contributed by atoms with Crippen LogP contribution in [0.25, 0.3) is 10.9 Å². The molecule has 0 atom stereocenters. The lowest BCUT2D eigenvalue weighted by Crippen LogP contribution is -2.08. The van der Waals surface area contributed by atoms with E-state index in [0.717, 1.165) is 29.6 Å². The van der Waals surface area contributed by atoms with E-state index in [1.54, 1.807) is 12.4 Å². The van der Waals surface area contributed by atoms with Crippen molar-refractivity contribution in [1.82, 2.24) is 15.0 Å². The van der Waals surface area contributed by atoms with Crippen LogP contribution in [0.2, 0.25) is 5.15 Å². The van der Waals surface area contributed by atoms with Crippen LogP contribution in [0.1, 0.15) is 6.42 Å². The van der Waals surface area contributed by atoms with Crippen LogP contribution >= 0.6 is 11.6 Å². The molecule has 2 aromatic heterocycles. The Morgan fingerprint density at radius 1 is 1.14 bits per heavy atom. The quantitative estimate of drug-likeness (QED) is 0.705. The van der Waals surface area contributed by atoms with Crippen molar-refractivity contribution in [2.24, 2.45) is 0 Å². The summed E-state index contributed by atoms with van der Waals surface area (Å²) in [5, 5.41) is 4.61. The average Bonchev–Trinajstić information content (AvgIpc) is 2.55. The van der Waals surface area contributed by atoms with Crippen LogP contribution in [0.3, 0.4) is 0 Å². The van der Waals surface area contributed by atoms with Crippen molar-refractivity contribution in [2.45, 2.75) is 6.42 Å². The van der Waals surface area contributed by atoms with Crippen molar-refractivity contribution in [1.29, 1.82) is 0 Å². The van der Waals surface area contributed by atoms with Gasteiger partial charge in [-0.25, -0.2) is 4.98 Å². The van der Waals surface area contributed by atoms with Gasteiger partial charge >= 0.3 is 0 Å². The molecule has 3 rings (SSSR count). The summed E-state index contributed by atoms with van der Waals surface area (Å²) < 4.78 is 5.82. The van der Waals surface area contributed by atoms with E-state index in [-0.39, 0.29) is 0 Å². The zero-order chi connectivity index (χ0) is 15.2. The highest BCUT2D eigenvalue weighted by Gasteiger charge is 2.02. The van der Waals surface area contributed by atoms with Gasteiger partial charge in [0.1, 0.15) is 22.2 Å². The number of nitrogens with one attached hydrogen (secondary N) is 1. The van der Waals surface area contributed by atoms with E-state index >= 15 is 0 Å². The summed E-state index contributed by atoms with van der Waals surface area (Å²) in [6.45, 7) is 1.32. The number of rotatable bonds is 6. The van der Waals surface area contributed by atoms with Crippen LogP contribution in [-0.2, 0) is 0 Å². The highest BCUT2D eigenvalue weighted by atomic mass is 35.5. The molecule has 1 N–H and O–H groups in total. The Morgan fingerprint density at radius 3 is 2.95 bits per heavy atom. The van der Waals surface area contributed by atoms with Crippen LogP contribution in [0, 0.1) is 0 Å². The summed E-state index contributed by atoms with van der Waals surface area (Å²) in [6.07, 6.45) is 5.75. The Kier molecular flexibility index (Phi) is 4.65. The molecule has 2 heterocycles. The molecule has 0 aliphatic heterocycles. The minimum absolute atomic E-state index is 0.378. The monoisotopic (exact) mass is 314 g/mol. The lowest BCUT2D eigenvalue weighted by Gasteiger charge is -2.09. The highest BCUT2D eigenvalue weighted by molar-refractivity contribution is 6.29. The number of ether oxygens (including phenoxy) is 1. The van der Waals surface area contributed by atoms with Gasteiger partial charge in [0.25, 0.3) is 0 Å². The molecule has 0 spiro atoms. The van der Waals surface area contributed by atoms with Crippen LogP contribution in [0.5, 0.6) is 5.75 Å². The molecule has 0 aliphatic carbocycles. The fourth-order valence-electron chi connectivity index (χ4n) is 2.09. The first-order chi connectivity index (χ1) is 10.8. The number of anilines is 1. The molecule has 0 aliphatic rings. The summed E-state index contributed by atoms with van der Waals surface area (Å²) >= 11 is 5.78. The molecule has 6 heteroatoms. The van der Waals surface area contributed by atoms with Crippen molar-refractivity contribution in [3.8, 4) is 5.75 Å². The number of halogens is 1. The second-order valence-corrected chi connectivity index (χ2v) is 5.07. The molecule has 1 aromatic carbocycles. The molecule has 0 saturated heterocycles. The minimum atomic E-state index is 0.378. The first-order valence-electron chi connectivity index (χ1n) is 7.01. The summed E-state index contributed by atoms with van der Waals surface area (Å²) in [6, 6.07) is 9.87. The van der Waals surface area contributed by atoms with E-state index in [1.165, 1.54) is 6.20 Å². The maximum absolute atomic E-state index is 5.82. The number of aromatic nitrogens is 3. The zero-order valence-corrected chi connectivity index (χ0v) is 12.6. The van der Waals surface area contributed by atoms with Crippen LogP contribution in [0.4, 0.5) is 5.82 Å². The van der Waals surface area contributed by atoms with Gasteiger partial charge in [-0.1, -0.05) is 29.8 Å². The molecule has 0 fully saturated rings. The number of fused-ring (bicyclic) bond motifs is 1. The van der Waals surface area contributed by atoms with Crippen molar-refractivity contribution in [3.05, 3.63) is 54.1 Å². The molecule has 0 radical (unpaired) electrons. The fourth-order valence-corrected chi connectivity index (χ4v) is 2.24. The second kappa shape index (κ2) is 7.04. The molecule has 0 bridgehead atoms. The van der Waals surface area contributed by atoms with E-state index in [9.17, 15) is 0 Å². The van der Waals surface area contributed by atoms with Crippen molar-refractivity contribution in [2.75, 3.05) is 18.5 Å². The highest BCUT2D eigenvalue weighted by Crippen LogP contribution is 2.22. The van der Waals surface area contributed by atoms with Crippen LogP contribution < -0.4 is 10.1 Å². The summed E-state index contributed by atoms with van der Waals surface area (Å²) in [4.78, 5) is 12.4. The van der Waals surface area contributed by atoms with E-state index < -0.39 is 0 Å². The summed E-state index contributed by atoms with van der Waals surface area (Å²) in [5.41, 5.74) is 0.888. The van der Waals surface area contributed by atoms with Crippen molar-refractivity contribution in [3.63, 3.8) is 0 Å². The SMILES string of the molecule is Clc1cncc(NCCCOc2cccc3cccnc23)n1. The largest absolute Gasteiger partial charge is 0.491 e. The topological polar surface area (TPSA) is 59.9 Å². The Hall–Kier alpha value is -2.40. The van der Waals surface area contributed by atoms with Gasteiger partial charge in [-0.2, -0.15) is 0 Å². The van der Waals surface area contributed by atoms with Gasteiger partial charge in [-0.15, -0.1) is 0 Å². The summed E-state index contributed by atoms with van der Waals surface area (Å²) in [7, 11) is 0. The Bertz CT molecular complexity index is 760. The number of para-hydroxylation sites is 1. The van der Waals surface area contributed by atoms with Crippen molar-refractivity contribution >= 4 is 28.3 Å². The van der Waals surface area contributed by atoms with Gasteiger partial charge in [0, 0.05) is 18.1 Å². The summed E-state index contributed by atoms with van der Waals surface area (Å²) in [5.74, 6) is 1.47. The van der Waals surface area contributed by atoms with Gasteiger partial charge in [-0.05, 0) is 18.6 Å². The van der Waals surface area contributed by atoms with Crippen LogP contribution in [-0.4, -0.2) is 28.1 Å². The first kappa shape index (κ1) is 14.5. The third-order valence-corrected chi connectivity index (χ3v) is 3.27. The van der Waals surface area contributed by atoms with E-state index in [1.807, 2.05) is 30.3 Å². The molecule has 5 nitrogen and oxygen atoms in total. The number of pyridine rings is 1. The first-order valence-corrected chi connectivity index (χ1v) is 7.39. The molecule has 0 saturated carbocycles. The standard InChI is InChI=1S/C16H15ClN4O/c17-14-10-18-11-15(21-14)19-8-3-9-22-13-6-1-4-12-5-2-7-20-16(12)13/h1-2,4-7,10-11H,3,8-9H2,(H,19,21). The number of nitrogens with zero attached hydrogens (tertiary/aromatic N) is 3. The van der Waals surface area contributed by atoms with Gasteiger partial charge in [0.2, 0.25) is 0 Å². The number of hydrogen-bond donors (Lipinski definition) is 1. The van der Waals surface area contributed by atoms with E-state index in [0.29, 0.717) is 17.6 Å². The normalized spacial score (nSPS) is 10.6. The van der Waals surface area contributed by atoms with E-state index in [2.05, 4.69) is 20.3 Å². The Balaban J connectivity index is 1.50. The Labute approximate surface area is 133 Å². The van der Waals surface area contributed by atoms with Gasteiger partial charge in [-0.3, -0.25) is 9.97 Å². The van der Waals surface area contributed by atoms with Gasteiger partial charge < -0.3 is 10.1 Å². The molecule has 0 unspecified atom stereocenters. The Morgan fingerprint density at radius 2 is 2.05 bits per heavy atom. The maximum atomic E-state index is 5.82. The predicted octanol–water partition coefficient (Wildman–Crippen LogP) is 3.56. The zero-order valence-electron chi connectivity index (χ0n) is 11.9. The third-order valence-electron chi connectivity index (χ3n) is 3.09. The smallest absolute Gasteiger partial charge is 0.149 e. The molecule has 112 valence electrons.